The molecule has 1 atom stereocenters. The highest BCUT2D eigenvalue weighted by atomic mass is 32.2. The molecule has 8 nitrogen and oxygen atoms in total. The second-order valence-electron chi connectivity index (χ2n) is 9.65. The summed E-state index contributed by atoms with van der Waals surface area (Å²) >= 11 is 0. The van der Waals surface area contributed by atoms with Crippen LogP contribution in [0.3, 0.4) is 0 Å². The standard InChI is InChI=1S/C26H34N4O4S/c1-18-6-7-19(2)25(14-18)28-10-12-29(13-11-28)26(32)17-27(5)35(33,34)23-8-9-24-22(16-23)15-20(3)30(24)21(4)31/h6-9,14,16,20H,10-13,15,17H2,1-5H3. The van der Waals surface area contributed by atoms with E-state index in [4.69, 9.17) is 0 Å². The Balaban J connectivity index is 1.40. The number of likely N-dealkylation sites (N-methyl/N-ethyl adjacent to an activating group) is 1. The maximum atomic E-state index is 13.2. The van der Waals surface area contributed by atoms with E-state index in [1.54, 1.807) is 21.9 Å². The van der Waals surface area contributed by atoms with E-state index in [1.807, 2.05) is 6.92 Å². The maximum Gasteiger partial charge on any atom is 0.243 e. The molecule has 2 amide bonds. The summed E-state index contributed by atoms with van der Waals surface area (Å²) in [5, 5.41) is 0. The molecule has 0 aliphatic carbocycles. The lowest BCUT2D eigenvalue weighted by Gasteiger charge is -2.37. The van der Waals surface area contributed by atoms with Gasteiger partial charge in [-0.2, -0.15) is 4.31 Å². The van der Waals surface area contributed by atoms with Crippen molar-refractivity contribution in [3.63, 3.8) is 0 Å². The normalized spacial score (nSPS) is 18.2. The predicted molar refractivity (Wildman–Crippen MR) is 137 cm³/mol. The average molecular weight is 499 g/mol. The van der Waals surface area contributed by atoms with Crippen molar-refractivity contribution in [3.05, 3.63) is 53.1 Å². The van der Waals surface area contributed by atoms with Crippen LogP contribution in [0.4, 0.5) is 11.4 Å². The zero-order valence-corrected chi connectivity index (χ0v) is 21.9. The van der Waals surface area contributed by atoms with Crippen LogP contribution in [0.5, 0.6) is 0 Å². The maximum absolute atomic E-state index is 13.2. The number of rotatable bonds is 5. The molecule has 1 saturated heterocycles. The van der Waals surface area contributed by atoms with Crippen molar-refractivity contribution in [1.82, 2.24) is 9.21 Å². The van der Waals surface area contributed by atoms with Gasteiger partial charge in [-0.1, -0.05) is 12.1 Å². The fourth-order valence-corrected chi connectivity index (χ4v) is 6.23. The molecule has 2 aromatic carbocycles. The van der Waals surface area contributed by atoms with Crippen molar-refractivity contribution >= 4 is 33.2 Å². The van der Waals surface area contributed by atoms with Gasteiger partial charge in [0, 0.05) is 57.6 Å². The van der Waals surface area contributed by atoms with Crippen LogP contribution in [-0.4, -0.2) is 75.3 Å². The number of carbonyl (C=O) groups is 2. The lowest BCUT2D eigenvalue weighted by atomic mass is 10.1. The fourth-order valence-electron chi connectivity index (χ4n) is 5.06. The van der Waals surface area contributed by atoms with Crippen LogP contribution in [0.25, 0.3) is 0 Å². The number of hydrogen-bond donors (Lipinski definition) is 0. The van der Waals surface area contributed by atoms with Gasteiger partial charge in [-0.05, 0) is 68.1 Å². The highest BCUT2D eigenvalue weighted by molar-refractivity contribution is 7.89. The van der Waals surface area contributed by atoms with Gasteiger partial charge in [0.15, 0.2) is 0 Å². The Hall–Kier alpha value is -2.91. The number of anilines is 2. The number of sulfonamides is 1. The van der Waals surface area contributed by atoms with Crippen LogP contribution < -0.4 is 9.80 Å². The minimum Gasteiger partial charge on any atom is -0.368 e. The number of piperazine rings is 1. The van der Waals surface area contributed by atoms with E-state index in [9.17, 15) is 18.0 Å². The lowest BCUT2D eigenvalue weighted by molar-refractivity contribution is -0.131. The summed E-state index contributed by atoms with van der Waals surface area (Å²) in [7, 11) is -2.40. The van der Waals surface area contributed by atoms with Gasteiger partial charge in [-0.25, -0.2) is 8.42 Å². The Morgan fingerprint density at radius 1 is 1.00 bits per heavy atom. The number of fused-ring (bicyclic) bond motifs is 1. The van der Waals surface area contributed by atoms with Crippen molar-refractivity contribution in [3.8, 4) is 0 Å². The van der Waals surface area contributed by atoms with Crippen LogP contribution in [0.1, 0.15) is 30.5 Å². The topological polar surface area (TPSA) is 81.2 Å². The summed E-state index contributed by atoms with van der Waals surface area (Å²) < 4.78 is 27.6. The molecule has 35 heavy (non-hydrogen) atoms. The molecule has 1 fully saturated rings. The van der Waals surface area contributed by atoms with Crippen LogP contribution in [0, 0.1) is 13.8 Å². The molecular formula is C26H34N4O4S. The van der Waals surface area contributed by atoms with E-state index < -0.39 is 10.0 Å². The summed E-state index contributed by atoms with van der Waals surface area (Å²) in [5.74, 6) is -0.263. The average Bonchev–Trinajstić information content (AvgIpc) is 3.15. The van der Waals surface area contributed by atoms with Crippen molar-refractivity contribution in [2.75, 3.05) is 49.6 Å². The minimum atomic E-state index is -3.84. The van der Waals surface area contributed by atoms with E-state index >= 15 is 0 Å². The number of aryl methyl sites for hydroxylation is 2. The van der Waals surface area contributed by atoms with Gasteiger partial charge in [-0.15, -0.1) is 0 Å². The first-order chi connectivity index (χ1) is 16.5. The highest BCUT2D eigenvalue weighted by Gasteiger charge is 2.32. The Labute approximate surface area is 208 Å². The quantitative estimate of drug-likeness (QED) is 0.633. The number of hydrogen-bond acceptors (Lipinski definition) is 5. The SMILES string of the molecule is CC(=O)N1c2ccc(S(=O)(=O)N(C)CC(=O)N3CCN(c4cc(C)ccc4C)CC3)cc2CC1C. The van der Waals surface area contributed by atoms with E-state index in [2.05, 4.69) is 36.9 Å². The van der Waals surface area contributed by atoms with E-state index in [0.29, 0.717) is 32.6 Å². The summed E-state index contributed by atoms with van der Waals surface area (Å²) in [6.45, 7) is 9.93. The molecule has 2 heterocycles. The molecule has 0 spiro atoms. The molecule has 188 valence electrons. The second kappa shape index (κ2) is 9.62. The van der Waals surface area contributed by atoms with Crippen LogP contribution in [0.2, 0.25) is 0 Å². The number of nitrogens with zero attached hydrogens (tertiary/aromatic N) is 4. The Kier molecular flexibility index (Phi) is 6.92. The van der Waals surface area contributed by atoms with Crippen molar-refractivity contribution < 1.29 is 18.0 Å². The molecule has 1 unspecified atom stereocenters. The first-order valence-electron chi connectivity index (χ1n) is 12.0. The van der Waals surface area contributed by atoms with Crippen molar-refractivity contribution in [2.24, 2.45) is 0 Å². The molecule has 0 aromatic heterocycles. The van der Waals surface area contributed by atoms with Gasteiger partial charge in [0.25, 0.3) is 0 Å². The predicted octanol–water partition coefficient (Wildman–Crippen LogP) is 2.57. The molecule has 2 aliphatic rings. The summed E-state index contributed by atoms with van der Waals surface area (Å²) in [5.41, 5.74) is 5.17. The third-order valence-electron chi connectivity index (χ3n) is 7.01. The molecule has 0 bridgehead atoms. The first kappa shape index (κ1) is 25.2. The molecule has 4 rings (SSSR count). The summed E-state index contributed by atoms with van der Waals surface area (Å²) in [6.07, 6.45) is 0.603. The number of carbonyl (C=O) groups excluding carboxylic acids is 2. The van der Waals surface area contributed by atoms with Gasteiger partial charge in [0.2, 0.25) is 21.8 Å². The zero-order valence-electron chi connectivity index (χ0n) is 21.1. The molecule has 0 saturated carbocycles. The second-order valence-corrected chi connectivity index (χ2v) is 11.7. The molecular weight excluding hydrogens is 464 g/mol. The molecule has 0 N–H and O–H groups in total. The third-order valence-corrected chi connectivity index (χ3v) is 8.81. The zero-order chi connectivity index (χ0) is 25.5. The van der Waals surface area contributed by atoms with E-state index in [0.717, 1.165) is 15.6 Å². The molecule has 2 aliphatic heterocycles. The van der Waals surface area contributed by atoms with Crippen molar-refractivity contribution in [1.29, 1.82) is 0 Å². The van der Waals surface area contributed by atoms with Crippen LogP contribution in [0.15, 0.2) is 41.3 Å². The molecule has 0 radical (unpaired) electrons. The Morgan fingerprint density at radius 2 is 1.69 bits per heavy atom. The molecule has 2 aromatic rings. The lowest BCUT2D eigenvalue weighted by Crippen LogP contribution is -2.51. The van der Waals surface area contributed by atoms with E-state index in [-0.39, 0.29) is 29.3 Å². The fraction of sp³-hybridized carbons (Fsp3) is 0.462. The monoisotopic (exact) mass is 498 g/mol. The number of amides is 2. The third kappa shape index (κ3) is 4.92. The number of benzene rings is 2. The summed E-state index contributed by atoms with van der Waals surface area (Å²) in [4.78, 5) is 30.8. The van der Waals surface area contributed by atoms with Crippen molar-refractivity contribution in [2.45, 2.75) is 45.1 Å². The van der Waals surface area contributed by atoms with Crippen LogP contribution in [-0.2, 0) is 26.0 Å². The molecule has 9 heteroatoms. The van der Waals surface area contributed by atoms with Crippen LogP contribution >= 0.6 is 0 Å². The first-order valence-corrected chi connectivity index (χ1v) is 13.4. The Morgan fingerprint density at radius 3 is 2.34 bits per heavy atom. The smallest absolute Gasteiger partial charge is 0.243 e. The van der Waals surface area contributed by atoms with Gasteiger partial charge in [-0.3, -0.25) is 9.59 Å². The largest absolute Gasteiger partial charge is 0.368 e. The Bertz CT molecular complexity index is 1250. The van der Waals surface area contributed by atoms with Gasteiger partial charge in [0.05, 0.1) is 11.4 Å². The van der Waals surface area contributed by atoms with Gasteiger partial charge >= 0.3 is 0 Å². The highest BCUT2D eigenvalue weighted by Crippen LogP contribution is 2.34. The van der Waals surface area contributed by atoms with Gasteiger partial charge in [0.1, 0.15) is 0 Å². The minimum absolute atomic E-state index is 0.0120. The van der Waals surface area contributed by atoms with E-state index in [1.165, 1.54) is 36.9 Å². The van der Waals surface area contributed by atoms with Gasteiger partial charge < -0.3 is 14.7 Å². The summed E-state index contributed by atoms with van der Waals surface area (Å²) in [6, 6.07) is 11.2.